The maximum atomic E-state index is 2.47. The van der Waals surface area contributed by atoms with E-state index in [-0.39, 0.29) is 0 Å². The van der Waals surface area contributed by atoms with Crippen molar-refractivity contribution in [3.8, 4) is 44.5 Å². The maximum absolute atomic E-state index is 2.47. The monoisotopic (exact) mass is 763 g/mol. The molecular weight excluding hydrogens is 723 g/mol. The summed E-state index contributed by atoms with van der Waals surface area (Å²) in [5.74, 6) is 0. The average Bonchev–Trinajstić information content (AvgIpc) is 3.64. The first-order valence-electron chi connectivity index (χ1n) is 20.8. The molecule has 0 radical (unpaired) electrons. The Balaban J connectivity index is 1.12. The molecule has 1 nitrogen and oxygen atoms in total. The molecule has 0 fully saturated rings. The Labute approximate surface area is 352 Å². The van der Waals surface area contributed by atoms with Crippen LogP contribution in [0.1, 0.15) is 22.3 Å². The second-order valence-corrected chi connectivity index (χ2v) is 15.6. The fraction of sp³-hybridized carbons (Fsp3) is 0.0169. The number of fused-ring (bicyclic) bond motifs is 4. The van der Waals surface area contributed by atoms with Crippen LogP contribution in [0.5, 0.6) is 0 Å². The van der Waals surface area contributed by atoms with Crippen LogP contribution in [0.15, 0.2) is 249 Å². The zero-order chi connectivity index (χ0) is 39.9. The van der Waals surface area contributed by atoms with E-state index in [0.717, 1.165) is 22.6 Å². The first kappa shape index (κ1) is 35.4. The minimum atomic E-state index is -0.503. The lowest BCUT2D eigenvalue weighted by Gasteiger charge is -2.34. The van der Waals surface area contributed by atoms with Gasteiger partial charge in [-0.1, -0.05) is 212 Å². The van der Waals surface area contributed by atoms with E-state index in [1.807, 2.05) is 0 Å². The Kier molecular flexibility index (Phi) is 8.79. The van der Waals surface area contributed by atoms with Crippen molar-refractivity contribution in [2.45, 2.75) is 5.41 Å². The standard InChI is InChI=1S/C59H41N/c1-4-18-42(19-5-1)43-36-38-50(39-37-43)60(51-29-15-23-46(41-51)45-22-14-24-47(40-45)53-32-16-21-44-20-10-11-30-52(44)53)57-35-17-34-56-58(57)54-31-12-13-33-55(54)59(56,48-25-6-2-7-26-48)49-27-8-3-9-28-49/h1-41H. The number of rotatable bonds is 8. The van der Waals surface area contributed by atoms with Crippen LogP contribution in [0.3, 0.4) is 0 Å². The largest absolute Gasteiger partial charge is 0.310 e. The van der Waals surface area contributed by atoms with Gasteiger partial charge in [0.2, 0.25) is 0 Å². The highest BCUT2D eigenvalue weighted by molar-refractivity contribution is 5.99. The molecule has 282 valence electrons. The number of hydrogen-bond acceptors (Lipinski definition) is 1. The Morgan fingerprint density at radius 1 is 0.300 bits per heavy atom. The lowest BCUT2D eigenvalue weighted by atomic mass is 9.68. The molecule has 0 spiro atoms. The quantitative estimate of drug-likeness (QED) is 0.149. The van der Waals surface area contributed by atoms with Crippen molar-refractivity contribution in [2.75, 3.05) is 4.90 Å². The molecule has 0 aliphatic heterocycles. The summed E-state index contributed by atoms with van der Waals surface area (Å²) in [4.78, 5) is 2.47. The molecular formula is C59H41N. The second kappa shape index (κ2) is 14.9. The van der Waals surface area contributed by atoms with E-state index in [1.54, 1.807) is 0 Å². The topological polar surface area (TPSA) is 3.24 Å². The molecule has 1 aliphatic rings. The SMILES string of the molecule is c1ccc(-c2ccc(N(c3cccc(-c4cccc(-c5cccc6ccccc56)c4)c3)c3cccc4c3-c3ccccc3C4(c3ccccc3)c3ccccc3)cc2)cc1. The predicted molar refractivity (Wildman–Crippen MR) is 252 cm³/mol. The highest BCUT2D eigenvalue weighted by Gasteiger charge is 2.47. The van der Waals surface area contributed by atoms with Crippen LogP contribution in [0.2, 0.25) is 0 Å². The average molecular weight is 764 g/mol. The third-order valence-electron chi connectivity index (χ3n) is 12.3. The van der Waals surface area contributed by atoms with Crippen molar-refractivity contribution in [1.29, 1.82) is 0 Å². The molecule has 0 amide bonds. The summed E-state index contributed by atoms with van der Waals surface area (Å²) in [5.41, 5.74) is 17.6. The highest BCUT2D eigenvalue weighted by Crippen LogP contribution is 2.59. The van der Waals surface area contributed by atoms with Crippen LogP contribution in [0.4, 0.5) is 17.1 Å². The number of benzene rings is 10. The van der Waals surface area contributed by atoms with Gasteiger partial charge in [0.1, 0.15) is 0 Å². The van der Waals surface area contributed by atoms with Crippen molar-refractivity contribution in [3.05, 3.63) is 271 Å². The van der Waals surface area contributed by atoms with Gasteiger partial charge in [0.15, 0.2) is 0 Å². The third kappa shape index (κ3) is 5.86. The molecule has 0 aromatic heterocycles. The molecule has 0 heterocycles. The number of anilines is 3. The number of nitrogens with zero attached hydrogens (tertiary/aromatic N) is 1. The summed E-state index contributed by atoms with van der Waals surface area (Å²) in [5, 5.41) is 2.51. The summed E-state index contributed by atoms with van der Waals surface area (Å²) in [6.45, 7) is 0. The molecule has 60 heavy (non-hydrogen) atoms. The van der Waals surface area contributed by atoms with Gasteiger partial charge in [0, 0.05) is 16.9 Å². The van der Waals surface area contributed by atoms with Crippen LogP contribution in [-0.4, -0.2) is 0 Å². The summed E-state index contributed by atoms with van der Waals surface area (Å²) in [6.07, 6.45) is 0. The lowest BCUT2D eigenvalue weighted by Crippen LogP contribution is -2.28. The smallest absolute Gasteiger partial charge is 0.0714 e. The molecule has 0 bridgehead atoms. The van der Waals surface area contributed by atoms with Gasteiger partial charge in [0.25, 0.3) is 0 Å². The molecule has 0 atom stereocenters. The van der Waals surface area contributed by atoms with E-state index in [9.17, 15) is 0 Å². The van der Waals surface area contributed by atoms with Crippen molar-refractivity contribution >= 4 is 27.8 Å². The first-order valence-corrected chi connectivity index (χ1v) is 20.8. The van der Waals surface area contributed by atoms with Crippen molar-refractivity contribution < 1.29 is 0 Å². The summed E-state index contributed by atoms with van der Waals surface area (Å²) < 4.78 is 0. The van der Waals surface area contributed by atoms with Gasteiger partial charge in [-0.3, -0.25) is 0 Å². The summed E-state index contributed by atoms with van der Waals surface area (Å²) >= 11 is 0. The van der Waals surface area contributed by atoms with E-state index >= 15 is 0 Å². The molecule has 11 rings (SSSR count). The molecule has 0 unspecified atom stereocenters. The van der Waals surface area contributed by atoms with Gasteiger partial charge in [-0.2, -0.15) is 0 Å². The fourth-order valence-electron chi connectivity index (χ4n) is 9.69. The van der Waals surface area contributed by atoms with Crippen LogP contribution in [0.25, 0.3) is 55.3 Å². The maximum Gasteiger partial charge on any atom is 0.0714 e. The van der Waals surface area contributed by atoms with Gasteiger partial charge in [-0.25, -0.2) is 0 Å². The Bertz CT molecular complexity index is 3090. The van der Waals surface area contributed by atoms with E-state index in [2.05, 4.69) is 254 Å². The van der Waals surface area contributed by atoms with Crippen molar-refractivity contribution in [2.24, 2.45) is 0 Å². The van der Waals surface area contributed by atoms with Gasteiger partial charge in [0.05, 0.1) is 11.1 Å². The number of hydrogen-bond donors (Lipinski definition) is 0. The zero-order valence-electron chi connectivity index (χ0n) is 33.1. The van der Waals surface area contributed by atoms with Crippen LogP contribution >= 0.6 is 0 Å². The summed E-state index contributed by atoms with van der Waals surface area (Å²) in [7, 11) is 0. The minimum Gasteiger partial charge on any atom is -0.310 e. The molecule has 10 aromatic carbocycles. The minimum absolute atomic E-state index is 0.503. The molecule has 0 saturated heterocycles. The first-order chi connectivity index (χ1) is 29.8. The molecule has 0 saturated carbocycles. The summed E-state index contributed by atoms with van der Waals surface area (Å²) in [6, 6.07) is 91.0. The second-order valence-electron chi connectivity index (χ2n) is 15.6. The van der Waals surface area contributed by atoms with Crippen molar-refractivity contribution in [3.63, 3.8) is 0 Å². The van der Waals surface area contributed by atoms with Crippen LogP contribution in [-0.2, 0) is 5.41 Å². The molecule has 10 aromatic rings. The van der Waals surface area contributed by atoms with Crippen molar-refractivity contribution in [1.82, 2.24) is 0 Å². The van der Waals surface area contributed by atoms with Crippen LogP contribution in [0, 0.1) is 0 Å². The Hall–Kier alpha value is -7.74. The normalized spacial score (nSPS) is 12.5. The van der Waals surface area contributed by atoms with Crippen LogP contribution < -0.4 is 4.90 Å². The van der Waals surface area contributed by atoms with Gasteiger partial charge in [-0.15, -0.1) is 0 Å². The van der Waals surface area contributed by atoms with Gasteiger partial charge >= 0.3 is 0 Å². The van der Waals surface area contributed by atoms with E-state index in [1.165, 1.54) is 72.0 Å². The molecule has 1 heteroatoms. The Morgan fingerprint density at radius 2 is 0.817 bits per heavy atom. The Morgan fingerprint density at radius 3 is 1.58 bits per heavy atom. The van der Waals surface area contributed by atoms with Gasteiger partial charge < -0.3 is 4.90 Å². The molecule has 0 N–H and O–H groups in total. The predicted octanol–water partition coefficient (Wildman–Crippen LogP) is 15.7. The lowest BCUT2D eigenvalue weighted by molar-refractivity contribution is 0.768. The fourth-order valence-corrected chi connectivity index (χ4v) is 9.69. The van der Waals surface area contributed by atoms with E-state index in [4.69, 9.17) is 0 Å². The van der Waals surface area contributed by atoms with E-state index < -0.39 is 5.41 Å². The van der Waals surface area contributed by atoms with E-state index in [0.29, 0.717) is 0 Å². The third-order valence-corrected chi connectivity index (χ3v) is 12.3. The highest BCUT2D eigenvalue weighted by atomic mass is 15.1. The van der Waals surface area contributed by atoms with Gasteiger partial charge in [-0.05, 0) is 108 Å². The molecule has 1 aliphatic carbocycles. The zero-order valence-corrected chi connectivity index (χ0v) is 33.1.